The van der Waals surface area contributed by atoms with Crippen LogP contribution in [-0.4, -0.2) is 60.0 Å². The number of aliphatic hydroxyl groups excluding tert-OH is 1. The average Bonchev–Trinajstić information content (AvgIpc) is 3.43. The Morgan fingerprint density at radius 3 is 2.21 bits per heavy atom. The van der Waals surface area contributed by atoms with Gasteiger partial charge in [0.15, 0.2) is 21.3 Å². The fraction of sp³-hybridized carbons (Fsp3) is 0.222. The van der Waals surface area contributed by atoms with Crippen molar-refractivity contribution in [3.63, 3.8) is 0 Å². The van der Waals surface area contributed by atoms with Crippen LogP contribution in [0, 0.1) is 0 Å². The predicted octanol–water partition coefficient (Wildman–Crippen LogP) is 1.95. The van der Waals surface area contributed by atoms with Crippen molar-refractivity contribution in [2.24, 2.45) is 0 Å². The molecular weight excluding hydrogens is 528 g/mol. The Labute approximate surface area is 223 Å². The van der Waals surface area contributed by atoms with Gasteiger partial charge >= 0.3 is 5.97 Å². The van der Waals surface area contributed by atoms with E-state index in [1.807, 2.05) is 17.5 Å². The molecule has 2 aromatic carbocycles. The Bertz CT molecular complexity index is 1450. The van der Waals surface area contributed by atoms with Crippen LogP contribution in [-0.2, 0) is 35.4 Å². The van der Waals surface area contributed by atoms with Crippen LogP contribution in [0.15, 0.2) is 89.4 Å². The first-order valence-electron chi connectivity index (χ1n) is 11.8. The molecule has 1 fully saturated rings. The van der Waals surface area contributed by atoms with E-state index in [1.54, 1.807) is 60.7 Å². The predicted molar refractivity (Wildman–Crippen MR) is 139 cm³/mol. The Morgan fingerprint density at radius 2 is 1.66 bits per heavy atom. The minimum Gasteiger partial charge on any atom is -0.448 e. The van der Waals surface area contributed by atoms with E-state index >= 15 is 0 Å². The zero-order valence-corrected chi connectivity index (χ0v) is 21.7. The lowest BCUT2D eigenvalue weighted by Crippen LogP contribution is -2.75. The van der Waals surface area contributed by atoms with Crippen molar-refractivity contribution in [1.82, 2.24) is 10.2 Å². The zero-order chi connectivity index (χ0) is 26.9. The van der Waals surface area contributed by atoms with Gasteiger partial charge in [-0.3, -0.25) is 14.5 Å². The fourth-order valence-electron chi connectivity index (χ4n) is 4.68. The van der Waals surface area contributed by atoms with Crippen LogP contribution < -0.4 is 5.32 Å². The molecule has 38 heavy (non-hydrogen) atoms. The molecule has 0 saturated carbocycles. The third kappa shape index (κ3) is 4.87. The van der Waals surface area contributed by atoms with E-state index in [0.29, 0.717) is 11.1 Å². The molecule has 1 saturated heterocycles. The summed E-state index contributed by atoms with van der Waals surface area (Å²) in [5.41, 5.74) is 0.902. The molecule has 196 valence electrons. The molecular formula is C27H24N2O7S2. The third-order valence-electron chi connectivity index (χ3n) is 6.41. The lowest BCUT2D eigenvalue weighted by atomic mass is 10.0. The second kappa shape index (κ2) is 10.5. The number of nitrogens with one attached hydrogen (secondary N) is 1. The number of hydrogen-bond acceptors (Lipinski definition) is 8. The first kappa shape index (κ1) is 25.8. The first-order chi connectivity index (χ1) is 18.3. The second-order valence-corrected chi connectivity index (χ2v) is 12.1. The van der Waals surface area contributed by atoms with Gasteiger partial charge in [-0.25, -0.2) is 13.2 Å². The standard InChI is InChI=1S/C27H24N2O7S2/c30-15-19-16-38(34,35)26-22(28-21(31)14-20-12-7-13-37-20)25(32)29(26)23(19)27(33)36-24(17-8-3-1-4-9-17)18-10-5-2-6-11-18/h1-13,22,24,26,30H,14-16H2,(H,28,31)/t22-,26-/m0/s1. The maximum absolute atomic E-state index is 13.5. The van der Waals surface area contributed by atoms with Crippen LogP contribution in [0.5, 0.6) is 0 Å². The largest absolute Gasteiger partial charge is 0.448 e. The molecule has 3 aromatic rings. The number of sulfone groups is 1. The van der Waals surface area contributed by atoms with Crippen LogP contribution in [0.25, 0.3) is 0 Å². The molecule has 11 heteroatoms. The molecule has 2 aliphatic heterocycles. The summed E-state index contributed by atoms with van der Waals surface area (Å²) < 4.78 is 32.0. The maximum atomic E-state index is 13.5. The summed E-state index contributed by atoms with van der Waals surface area (Å²) >= 11 is 1.37. The molecule has 0 spiro atoms. The third-order valence-corrected chi connectivity index (χ3v) is 9.25. The number of nitrogens with zero attached hydrogens (tertiary/aromatic N) is 1. The molecule has 2 atom stereocenters. The summed E-state index contributed by atoms with van der Waals surface area (Å²) in [5, 5.41) is 12.8. The minimum absolute atomic E-state index is 0.00330. The quantitative estimate of drug-likeness (QED) is 0.323. The van der Waals surface area contributed by atoms with E-state index in [9.17, 15) is 27.9 Å². The van der Waals surface area contributed by atoms with Crippen molar-refractivity contribution < 1.29 is 32.6 Å². The van der Waals surface area contributed by atoms with Crippen LogP contribution in [0.4, 0.5) is 0 Å². The van der Waals surface area contributed by atoms with Gasteiger partial charge < -0.3 is 15.2 Å². The Morgan fingerprint density at radius 1 is 1.03 bits per heavy atom. The number of amides is 2. The second-order valence-electron chi connectivity index (χ2n) is 8.92. The molecule has 9 nitrogen and oxygen atoms in total. The van der Waals surface area contributed by atoms with Crippen molar-refractivity contribution >= 4 is 39.0 Å². The SMILES string of the molecule is O=C(Cc1cccs1)N[C@H]1C(=O)N2C(C(=O)OC(c3ccccc3)c3ccccc3)=C(CO)CS(=O)(=O)[C@@H]12. The number of benzene rings is 2. The lowest BCUT2D eigenvalue weighted by molar-refractivity contribution is -0.155. The van der Waals surface area contributed by atoms with E-state index in [-0.39, 0.29) is 17.7 Å². The Hall–Kier alpha value is -3.80. The maximum Gasteiger partial charge on any atom is 0.356 e. The van der Waals surface area contributed by atoms with Crippen LogP contribution in [0.2, 0.25) is 0 Å². The van der Waals surface area contributed by atoms with Crippen LogP contribution in [0.3, 0.4) is 0 Å². The molecule has 0 aliphatic carbocycles. The molecule has 3 heterocycles. The van der Waals surface area contributed by atoms with E-state index in [2.05, 4.69) is 5.32 Å². The summed E-state index contributed by atoms with van der Waals surface area (Å²) in [6.45, 7) is -0.753. The Balaban J connectivity index is 1.43. The summed E-state index contributed by atoms with van der Waals surface area (Å²) in [6, 6.07) is 20.2. The van der Waals surface area contributed by atoms with E-state index in [4.69, 9.17) is 4.74 Å². The molecule has 0 radical (unpaired) electrons. The number of β-lactam (4-membered cyclic amide) rings is 1. The van der Waals surface area contributed by atoms with Crippen LogP contribution in [0.1, 0.15) is 22.1 Å². The van der Waals surface area contributed by atoms with Gasteiger partial charge in [-0.15, -0.1) is 11.3 Å². The Kier molecular flexibility index (Phi) is 7.15. The smallest absolute Gasteiger partial charge is 0.356 e. The van der Waals surface area contributed by atoms with Gasteiger partial charge in [-0.05, 0) is 22.6 Å². The van der Waals surface area contributed by atoms with Gasteiger partial charge in [0.25, 0.3) is 5.91 Å². The number of ether oxygens (including phenoxy) is 1. The number of fused-ring (bicyclic) bond motifs is 1. The highest BCUT2D eigenvalue weighted by atomic mass is 32.2. The highest BCUT2D eigenvalue weighted by molar-refractivity contribution is 7.92. The van der Waals surface area contributed by atoms with E-state index in [1.165, 1.54) is 11.3 Å². The number of thiophene rings is 1. The van der Waals surface area contributed by atoms with E-state index in [0.717, 1.165) is 9.78 Å². The van der Waals surface area contributed by atoms with Crippen LogP contribution >= 0.6 is 11.3 Å². The molecule has 5 rings (SSSR count). The van der Waals surface area contributed by atoms with Gasteiger partial charge in [0.1, 0.15) is 11.7 Å². The van der Waals surface area contributed by atoms with Crippen molar-refractivity contribution in [2.45, 2.75) is 23.9 Å². The van der Waals surface area contributed by atoms with E-state index < -0.39 is 57.5 Å². The van der Waals surface area contributed by atoms with Crippen molar-refractivity contribution in [1.29, 1.82) is 0 Å². The number of esters is 1. The molecule has 0 unspecified atom stereocenters. The fourth-order valence-corrected chi connectivity index (χ4v) is 7.39. The normalized spacial score (nSPS) is 20.1. The first-order valence-corrected chi connectivity index (χ1v) is 14.4. The van der Waals surface area contributed by atoms with Gasteiger partial charge in [0, 0.05) is 10.5 Å². The van der Waals surface area contributed by atoms with Gasteiger partial charge in [0.2, 0.25) is 5.91 Å². The number of hydrogen-bond donors (Lipinski definition) is 2. The van der Waals surface area contributed by atoms with Crippen molar-refractivity contribution in [3.8, 4) is 0 Å². The molecule has 1 aromatic heterocycles. The lowest BCUT2D eigenvalue weighted by Gasteiger charge is -2.49. The average molecular weight is 553 g/mol. The van der Waals surface area contributed by atoms with Gasteiger partial charge in [-0.1, -0.05) is 66.7 Å². The number of carbonyl (C=O) groups is 3. The number of rotatable bonds is 8. The minimum atomic E-state index is -4.01. The van der Waals surface area contributed by atoms with Gasteiger partial charge in [0.05, 0.1) is 18.8 Å². The summed E-state index contributed by atoms with van der Waals surface area (Å²) in [7, 11) is -4.01. The molecule has 2 amide bonds. The molecule has 2 aliphatic rings. The van der Waals surface area contributed by atoms with Gasteiger partial charge in [-0.2, -0.15) is 0 Å². The monoisotopic (exact) mass is 552 g/mol. The van der Waals surface area contributed by atoms with Crippen molar-refractivity contribution in [3.05, 3.63) is 105 Å². The van der Waals surface area contributed by atoms with Crippen molar-refractivity contribution in [2.75, 3.05) is 12.4 Å². The highest BCUT2D eigenvalue weighted by Crippen LogP contribution is 2.38. The summed E-state index contributed by atoms with van der Waals surface area (Å²) in [5.74, 6) is -2.84. The zero-order valence-electron chi connectivity index (χ0n) is 20.0. The summed E-state index contributed by atoms with van der Waals surface area (Å²) in [4.78, 5) is 40.8. The topological polar surface area (TPSA) is 130 Å². The molecule has 0 bridgehead atoms. The number of carbonyl (C=O) groups excluding carboxylic acids is 3. The molecule has 2 N–H and O–H groups in total. The highest BCUT2D eigenvalue weighted by Gasteiger charge is 2.60. The summed E-state index contributed by atoms with van der Waals surface area (Å²) in [6.07, 6.45) is -0.844. The number of aliphatic hydroxyl groups is 1.